The predicted octanol–water partition coefficient (Wildman–Crippen LogP) is 3.63. The molecule has 4 rings (SSSR count). The van der Waals surface area contributed by atoms with Crippen LogP contribution in [0.15, 0.2) is 24.3 Å². The summed E-state index contributed by atoms with van der Waals surface area (Å²) < 4.78 is 5.13. The zero-order valence-electron chi connectivity index (χ0n) is 17.1. The van der Waals surface area contributed by atoms with Crippen molar-refractivity contribution in [2.45, 2.75) is 50.5 Å². The molecule has 1 atom stereocenters. The van der Waals surface area contributed by atoms with Crippen molar-refractivity contribution in [3.05, 3.63) is 34.3 Å². The lowest BCUT2D eigenvalue weighted by Gasteiger charge is -2.32. The summed E-state index contributed by atoms with van der Waals surface area (Å²) in [4.78, 5) is 27.0. The molecule has 1 aromatic heterocycles. The lowest BCUT2D eigenvalue weighted by atomic mass is 9.99. The van der Waals surface area contributed by atoms with Gasteiger partial charge in [0.1, 0.15) is 10.8 Å². The molecule has 1 saturated heterocycles. The molecule has 2 N–H and O–H groups in total. The average Bonchev–Trinajstić information content (AvgIpc) is 3.47. The van der Waals surface area contributed by atoms with Crippen LogP contribution in [-0.4, -0.2) is 53.3 Å². The van der Waals surface area contributed by atoms with Crippen molar-refractivity contribution in [3.8, 4) is 5.75 Å². The third-order valence-electron chi connectivity index (χ3n) is 5.72. The first-order chi connectivity index (χ1) is 14.6. The second-order valence-electron chi connectivity index (χ2n) is 7.84. The van der Waals surface area contributed by atoms with E-state index in [2.05, 4.69) is 20.8 Å². The van der Waals surface area contributed by atoms with E-state index in [4.69, 9.17) is 4.74 Å². The minimum atomic E-state index is -0.282. The number of benzene rings is 1. The van der Waals surface area contributed by atoms with Crippen LogP contribution in [0.25, 0.3) is 0 Å². The molecule has 0 spiro atoms. The van der Waals surface area contributed by atoms with Gasteiger partial charge in [0.05, 0.1) is 7.11 Å². The van der Waals surface area contributed by atoms with Crippen molar-refractivity contribution in [3.63, 3.8) is 0 Å². The second kappa shape index (κ2) is 9.42. The summed E-state index contributed by atoms with van der Waals surface area (Å²) in [7, 11) is 1.60. The van der Waals surface area contributed by atoms with Crippen LogP contribution in [0.4, 0.5) is 10.5 Å². The summed E-state index contributed by atoms with van der Waals surface area (Å²) in [5.41, 5.74) is 0.671. The number of nitrogens with one attached hydrogen (secondary N) is 2. The number of ether oxygens (including phenoxy) is 1. The number of urea groups is 1. The third-order valence-corrected chi connectivity index (χ3v) is 6.81. The topological polar surface area (TPSA) is 96.4 Å². The molecule has 2 heterocycles. The van der Waals surface area contributed by atoms with Crippen LogP contribution in [0.3, 0.4) is 0 Å². The molecule has 160 valence electrons. The quantitative estimate of drug-likeness (QED) is 0.757. The lowest BCUT2D eigenvalue weighted by molar-refractivity contribution is 0.102. The second-order valence-corrected chi connectivity index (χ2v) is 8.85. The molecule has 1 aliphatic heterocycles. The Labute approximate surface area is 180 Å². The van der Waals surface area contributed by atoms with E-state index in [1.165, 1.54) is 24.2 Å². The molecule has 0 bridgehead atoms. The molecule has 1 aliphatic carbocycles. The van der Waals surface area contributed by atoms with Gasteiger partial charge in [0.2, 0.25) is 5.01 Å². The normalized spacial score (nSPS) is 19.5. The Kier molecular flexibility index (Phi) is 6.47. The maximum atomic E-state index is 12.6. The van der Waals surface area contributed by atoms with Gasteiger partial charge in [-0.1, -0.05) is 24.2 Å². The molecule has 0 radical (unpaired) electrons. The highest BCUT2D eigenvalue weighted by molar-refractivity contribution is 7.13. The highest BCUT2D eigenvalue weighted by Crippen LogP contribution is 2.30. The number of likely N-dealkylation sites (tertiary alicyclic amines) is 1. The largest absolute Gasteiger partial charge is 0.497 e. The van der Waals surface area contributed by atoms with E-state index in [0.717, 1.165) is 43.0 Å². The van der Waals surface area contributed by atoms with Crippen molar-refractivity contribution >= 4 is 29.0 Å². The van der Waals surface area contributed by atoms with E-state index >= 15 is 0 Å². The van der Waals surface area contributed by atoms with Crippen LogP contribution in [0.1, 0.15) is 59.3 Å². The van der Waals surface area contributed by atoms with Gasteiger partial charge in [-0.05, 0) is 49.9 Å². The van der Waals surface area contributed by atoms with Gasteiger partial charge in [0.25, 0.3) is 5.91 Å². The molecule has 2 fully saturated rings. The Bertz CT molecular complexity index is 879. The first kappa shape index (κ1) is 20.6. The molecule has 9 heteroatoms. The van der Waals surface area contributed by atoms with Gasteiger partial charge >= 0.3 is 6.03 Å². The zero-order chi connectivity index (χ0) is 20.9. The van der Waals surface area contributed by atoms with Crippen LogP contribution in [0.2, 0.25) is 0 Å². The van der Waals surface area contributed by atoms with Crippen LogP contribution >= 0.6 is 11.3 Å². The minimum absolute atomic E-state index is 0.0218. The summed E-state index contributed by atoms with van der Waals surface area (Å²) >= 11 is 1.30. The van der Waals surface area contributed by atoms with Gasteiger partial charge < -0.3 is 20.3 Å². The lowest BCUT2D eigenvalue weighted by Crippen LogP contribution is -2.47. The molecule has 2 aromatic rings. The summed E-state index contributed by atoms with van der Waals surface area (Å²) in [6, 6.07) is 7.46. The molecule has 8 nitrogen and oxygen atoms in total. The third kappa shape index (κ3) is 4.89. The summed E-state index contributed by atoms with van der Waals surface area (Å²) in [5.74, 6) is 0.564. The monoisotopic (exact) mass is 429 g/mol. The highest BCUT2D eigenvalue weighted by Gasteiger charge is 2.29. The number of rotatable bonds is 5. The number of piperidine rings is 1. The zero-order valence-corrected chi connectivity index (χ0v) is 17.9. The van der Waals surface area contributed by atoms with Gasteiger partial charge in [0.15, 0.2) is 0 Å². The number of anilines is 1. The Balaban J connectivity index is 1.35. The fraction of sp³-hybridized carbons (Fsp3) is 0.524. The van der Waals surface area contributed by atoms with Gasteiger partial charge in [-0.2, -0.15) is 0 Å². The van der Waals surface area contributed by atoms with Crippen molar-refractivity contribution < 1.29 is 14.3 Å². The number of aromatic nitrogens is 2. The number of carbonyl (C=O) groups excluding carboxylic acids is 2. The number of hydrogen-bond acceptors (Lipinski definition) is 6. The predicted molar refractivity (Wildman–Crippen MR) is 115 cm³/mol. The maximum Gasteiger partial charge on any atom is 0.317 e. The smallest absolute Gasteiger partial charge is 0.317 e. The van der Waals surface area contributed by atoms with E-state index in [1.807, 2.05) is 4.90 Å². The molecule has 2 aliphatic rings. The maximum absolute atomic E-state index is 12.6. The SMILES string of the molecule is COc1ccc(NC(=O)c2nnc([C@H]3CCCN(C(=O)NC4CCCC4)C3)s2)cc1. The first-order valence-corrected chi connectivity index (χ1v) is 11.3. The Morgan fingerprint density at radius 2 is 1.87 bits per heavy atom. The summed E-state index contributed by atoms with van der Waals surface area (Å²) in [6.07, 6.45) is 6.41. The minimum Gasteiger partial charge on any atom is -0.497 e. The van der Waals surface area contributed by atoms with Crippen LogP contribution in [0, 0.1) is 0 Å². The molecule has 1 aromatic carbocycles. The van der Waals surface area contributed by atoms with Crippen LogP contribution in [0.5, 0.6) is 5.75 Å². The first-order valence-electron chi connectivity index (χ1n) is 10.5. The average molecular weight is 430 g/mol. The standard InChI is InChI=1S/C21H27N5O3S/c1-29-17-10-8-16(9-11-17)22-18(27)20-25-24-19(30-20)14-5-4-12-26(13-14)21(28)23-15-6-2-3-7-15/h8-11,14-15H,2-7,12-13H2,1H3,(H,22,27)(H,23,28)/t14-/m0/s1. The molecule has 1 saturated carbocycles. The summed E-state index contributed by atoms with van der Waals surface area (Å²) in [6.45, 7) is 1.38. The van der Waals surface area contributed by atoms with Gasteiger partial charge in [0, 0.05) is 30.7 Å². The fourth-order valence-electron chi connectivity index (χ4n) is 4.05. The molecule has 30 heavy (non-hydrogen) atoms. The molecule has 3 amide bonds. The van der Waals surface area contributed by atoms with Crippen molar-refractivity contribution in [2.75, 3.05) is 25.5 Å². The Hall–Kier alpha value is -2.68. The fourth-order valence-corrected chi connectivity index (χ4v) is 4.91. The van der Waals surface area contributed by atoms with E-state index in [1.54, 1.807) is 31.4 Å². The van der Waals surface area contributed by atoms with Gasteiger partial charge in [-0.3, -0.25) is 4.79 Å². The molecular weight excluding hydrogens is 402 g/mol. The van der Waals surface area contributed by atoms with Crippen molar-refractivity contribution in [2.24, 2.45) is 0 Å². The number of nitrogens with zero attached hydrogens (tertiary/aromatic N) is 3. The van der Waals surface area contributed by atoms with Crippen LogP contribution < -0.4 is 15.4 Å². The molecule has 0 unspecified atom stereocenters. The molecular formula is C21H27N5O3S. The van der Waals surface area contributed by atoms with E-state index in [0.29, 0.717) is 23.3 Å². The number of carbonyl (C=O) groups is 2. The van der Waals surface area contributed by atoms with Crippen LogP contribution in [-0.2, 0) is 0 Å². The Morgan fingerprint density at radius 3 is 2.60 bits per heavy atom. The summed E-state index contributed by atoms with van der Waals surface area (Å²) in [5, 5.41) is 15.5. The number of methoxy groups -OCH3 is 1. The van der Waals surface area contributed by atoms with E-state index in [-0.39, 0.29) is 17.9 Å². The number of amides is 3. The van der Waals surface area contributed by atoms with Crippen molar-refractivity contribution in [1.82, 2.24) is 20.4 Å². The Morgan fingerprint density at radius 1 is 1.10 bits per heavy atom. The number of hydrogen-bond donors (Lipinski definition) is 2. The van der Waals surface area contributed by atoms with E-state index in [9.17, 15) is 9.59 Å². The van der Waals surface area contributed by atoms with E-state index < -0.39 is 0 Å². The van der Waals surface area contributed by atoms with Gasteiger partial charge in [-0.25, -0.2) is 4.79 Å². The van der Waals surface area contributed by atoms with Crippen molar-refractivity contribution in [1.29, 1.82) is 0 Å². The van der Waals surface area contributed by atoms with Gasteiger partial charge in [-0.15, -0.1) is 10.2 Å². The highest BCUT2D eigenvalue weighted by atomic mass is 32.1.